The van der Waals surface area contributed by atoms with Crippen molar-refractivity contribution in [2.24, 2.45) is 0 Å². The van der Waals surface area contributed by atoms with Gasteiger partial charge in [0.15, 0.2) is 0 Å². The van der Waals surface area contributed by atoms with Gasteiger partial charge in [-0.3, -0.25) is 9.69 Å². The molecule has 150 valence electrons. The predicted molar refractivity (Wildman–Crippen MR) is 106 cm³/mol. The quantitative estimate of drug-likeness (QED) is 0.758. The molecule has 1 atom stereocenters. The summed E-state index contributed by atoms with van der Waals surface area (Å²) in [4.78, 5) is 14.7. The fourth-order valence-corrected chi connectivity index (χ4v) is 3.39. The third kappa shape index (κ3) is 5.78. The maximum Gasteiger partial charge on any atom is 0.224 e. The summed E-state index contributed by atoms with van der Waals surface area (Å²) in [5.41, 5.74) is 1.79. The molecule has 2 aromatic rings. The van der Waals surface area contributed by atoms with E-state index in [0.29, 0.717) is 32.8 Å². The highest BCUT2D eigenvalue weighted by Gasteiger charge is 2.23. The third-order valence-corrected chi connectivity index (χ3v) is 4.81. The molecule has 1 aliphatic rings. The standard InChI is InChI=1S/C22H27FN2O3/c1-2-28-20-8-6-17(7-9-20)14-22(26)24-16-21(25-10-12-27-13-11-25)18-4-3-5-19(23)15-18/h3-9,15,21H,2,10-14,16H2,1H3,(H,24,26). The van der Waals surface area contributed by atoms with Crippen LogP contribution in [0.5, 0.6) is 5.75 Å². The van der Waals surface area contributed by atoms with Gasteiger partial charge < -0.3 is 14.8 Å². The SMILES string of the molecule is CCOc1ccc(CC(=O)NCC(c2cccc(F)c2)N2CCOCC2)cc1. The zero-order valence-electron chi connectivity index (χ0n) is 16.2. The lowest BCUT2D eigenvalue weighted by atomic mass is 10.0. The van der Waals surface area contributed by atoms with Crippen molar-refractivity contribution in [2.75, 3.05) is 39.5 Å². The highest BCUT2D eigenvalue weighted by molar-refractivity contribution is 5.78. The lowest BCUT2D eigenvalue weighted by molar-refractivity contribution is -0.120. The Bertz CT molecular complexity index is 761. The van der Waals surface area contributed by atoms with E-state index in [1.54, 1.807) is 12.1 Å². The number of nitrogens with one attached hydrogen (secondary N) is 1. The first-order valence-electron chi connectivity index (χ1n) is 9.71. The van der Waals surface area contributed by atoms with Gasteiger partial charge in [0.05, 0.1) is 32.3 Å². The summed E-state index contributed by atoms with van der Waals surface area (Å²) in [6.45, 7) is 5.79. The van der Waals surface area contributed by atoms with Crippen LogP contribution in [0.4, 0.5) is 4.39 Å². The molecule has 0 spiro atoms. The fraction of sp³-hybridized carbons (Fsp3) is 0.409. The van der Waals surface area contributed by atoms with Crippen LogP contribution in [-0.4, -0.2) is 50.3 Å². The molecule has 6 heteroatoms. The van der Waals surface area contributed by atoms with Crippen LogP contribution in [0.3, 0.4) is 0 Å². The molecule has 0 saturated carbocycles. The summed E-state index contributed by atoms with van der Waals surface area (Å²) in [5.74, 6) is 0.473. The fourth-order valence-electron chi connectivity index (χ4n) is 3.39. The van der Waals surface area contributed by atoms with Crippen LogP contribution in [0.25, 0.3) is 0 Å². The number of hydrogen-bond donors (Lipinski definition) is 1. The number of carbonyl (C=O) groups excluding carboxylic acids is 1. The van der Waals surface area contributed by atoms with E-state index in [4.69, 9.17) is 9.47 Å². The number of ether oxygens (including phenoxy) is 2. The first-order chi connectivity index (χ1) is 13.7. The Morgan fingerprint density at radius 1 is 1.21 bits per heavy atom. The minimum atomic E-state index is -0.267. The van der Waals surface area contributed by atoms with E-state index in [1.165, 1.54) is 6.07 Å². The van der Waals surface area contributed by atoms with Gasteiger partial charge in [0.1, 0.15) is 11.6 Å². The van der Waals surface area contributed by atoms with Crippen LogP contribution < -0.4 is 10.1 Å². The molecule has 28 heavy (non-hydrogen) atoms. The van der Waals surface area contributed by atoms with Crippen molar-refractivity contribution in [1.82, 2.24) is 10.2 Å². The van der Waals surface area contributed by atoms with E-state index in [-0.39, 0.29) is 17.8 Å². The number of nitrogens with zero attached hydrogens (tertiary/aromatic N) is 1. The zero-order valence-corrected chi connectivity index (χ0v) is 16.2. The maximum absolute atomic E-state index is 13.7. The molecule has 1 unspecified atom stereocenters. The molecular weight excluding hydrogens is 359 g/mol. The second-order valence-electron chi connectivity index (χ2n) is 6.78. The minimum absolute atomic E-state index is 0.0566. The highest BCUT2D eigenvalue weighted by atomic mass is 19.1. The number of halogens is 1. The van der Waals surface area contributed by atoms with Crippen LogP contribution in [0.15, 0.2) is 48.5 Å². The van der Waals surface area contributed by atoms with E-state index in [0.717, 1.165) is 30.0 Å². The van der Waals surface area contributed by atoms with Crippen molar-refractivity contribution in [3.05, 3.63) is 65.5 Å². The van der Waals surface area contributed by atoms with E-state index in [2.05, 4.69) is 10.2 Å². The van der Waals surface area contributed by atoms with Crippen molar-refractivity contribution in [1.29, 1.82) is 0 Å². The Morgan fingerprint density at radius 2 is 1.96 bits per heavy atom. The smallest absolute Gasteiger partial charge is 0.224 e. The number of benzene rings is 2. The minimum Gasteiger partial charge on any atom is -0.494 e. The van der Waals surface area contributed by atoms with Gasteiger partial charge in [-0.15, -0.1) is 0 Å². The molecule has 0 radical (unpaired) electrons. The lowest BCUT2D eigenvalue weighted by Crippen LogP contribution is -2.44. The van der Waals surface area contributed by atoms with E-state index in [9.17, 15) is 9.18 Å². The van der Waals surface area contributed by atoms with Crippen molar-refractivity contribution in [3.63, 3.8) is 0 Å². The van der Waals surface area contributed by atoms with Crippen molar-refractivity contribution in [2.45, 2.75) is 19.4 Å². The van der Waals surface area contributed by atoms with Gasteiger partial charge in [-0.25, -0.2) is 4.39 Å². The molecule has 1 saturated heterocycles. The molecule has 3 rings (SSSR count). The molecule has 1 N–H and O–H groups in total. The molecule has 2 aromatic carbocycles. The van der Waals surface area contributed by atoms with E-state index >= 15 is 0 Å². The zero-order chi connectivity index (χ0) is 19.8. The topological polar surface area (TPSA) is 50.8 Å². The summed E-state index contributed by atoms with van der Waals surface area (Å²) in [6, 6.07) is 14.0. The molecule has 0 bridgehead atoms. The molecule has 1 heterocycles. The predicted octanol–water partition coefficient (Wildman–Crippen LogP) is 2.96. The Labute approximate surface area is 165 Å². The average molecular weight is 386 g/mol. The van der Waals surface area contributed by atoms with Crippen molar-refractivity contribution < 1.29 is 18.7 Å². The lowest BCUT2D eigenvalue weighted by Gasteiger charge is -2.35. The van der Waals surface area contributed by atoms with Gasteiger partial charge in [-0.05, 0) is 42.3 Å². The Morgan fingerprint density at radius 3 is 2.64 bits per heavy atom. The summed E-state index contributed by atoms with van der Waals surface area (Å²) in [6.07, 6.45) is 0.297. The summed E-state index contributed by atoms with van der Waals surface area (Å²) >= 11 is 0. The molecule has 0 aliphatic carbocycles. The Hall–Kier alpha value is -2.44. The van der Waals surface area contributed by atoms with Crippen LogP contribution >= 0.6 is 0 Å². The number of carbonyl (C=O) groups is 1. The van der Waals surface area contributed by atoms with Crippen LogP contribution in [0.2, 0.25) is 0 Å². The van der Waals surface area contributed by atoms with Gasteiger partial charge in [0.2, 0.25) is 5.91 Å². The second-order valence-corrected chi connectivity index (χ2v) is 6.78. The molecule has 1 fully saturated rings. The number of hydrogen-bond acceptors (Lipinski definition) is 4. The van der Waals surface area contributed by atoms with Crippen LogP contribution in [0, 0.1) is 5.82 Å². The van der Waals surface area contributed by atoms with Crippen LogP contribution in [-0.2, 0) is 16.0 Å². The molecular formula is C22H27FN2O3. The molecule has 5 nitrogen and oxygen atoms in total. The molecule has 1 amide bonds. The molecule has 1 aliphatic heterocycles. The normalized spacial score (nSPS) is 15.8. The van der Waals surface area contributed by atoms with Crippen molar-refractivity contribution in [3.8, 4) is 5.75 Å². The summed E-state index contributed by atoms with van der Waals surface area (Å²) in [5, 5.41) is 3.01. The monoisotopic (exact) mass is 386 g/mol. The average Bonchev–Trinajstić information content (AvgIpc) is 2.71. The Kier molecular flexibility index (Phi) is 7.39. The maximum atomic E-state index is 13.7. The summed E-state index contributed by atoms with van der Waals surface area (Å²) in [7, 11) is 0. The second kappa shape index (κ2) is 10.2. The third-order valence-electron chi connectivity index (χ3n) is 4.81. The van der Waals surface area contributed by atoms with Crippen molar-refractivity contribution >= 4 is 5.91 Å². The highest BCUT2D eigenvalue weighted by Crippen LogP contribution is 2.22. The van der Waals surface area contributed by atoms with Gasteiger partial charge >= 0.3 is 0 Å². The van der Waals surface area contributed by atoms with Gasteiger partial charge in [0.25, 0.3) is 0 Å². The summed E-state index contributed by atoms with van der Waals surface area (Å²) < 4.78 is 24.6. The largest absolute Gasteiger partial charge is 0.494 e. The van der Waals surface area contributed by atoms with Gasteiger partial charge in [0, 0.05) is 19.6 Å². The van der Waals surface area contributed by atoms with E-state index in [1.807, 2.05) is 37.3 Å². The first-order valence-corrected chi connectivity index (χ1v) is 9.71. The number of morpholine rings is 1. The Balaban J connectivity index is 1.61. The first kappa shape index (κ1) is 20.3. The number of rotatable bonds is 8. The van der Waals surface area contributed by atoms with Crippen LogP contribution in [0.1, 0.15) is 24.1 Å². The number of amides is 1. The van der Waals surface area contributed by atoms with E-state index < -0.39 is 0 Å². The van der Waals surface area contributed by atoms with Gasteiger partial charge in [-0.2, -0.15) is 0 Å². The molecule has 0 aromatic heterocycles. The van der Waals surface area contributed by atoms with Gasteiger partial charge in [-0.1, -0.05) is 24.3 Å².